The summed E-state index contributed by atoms with van der Waals surface area (Å²) in [5.74, 6) is -1.25. The molecule has 1 atom stereocenters. The minimum absolute atomic E-state index is 0.0115. The molecular formula is C22H20ClNO5. The van der Waals surface area contributed by atoms with E-state index in [2.05, 4.69) is 0 Å². The second kappa shape index (κ2) is 6.88. The molecule has 4 rings (SSSR count). The third kappa shape index (κ3) is 3.38. The number of amides is 1. The van der Waals surface area contributed by atoms with Crippen molar-refractivity contribution < 1.29 is 23.9 Å². The van der Waals surface area contributed by atoms with Crippen LogP contribution in [0.25, 0.3) is 0 Å². The lowest BCUT2D eigenvalue weighted by atomic mass is 9.70. The van der Waals surface area contributed by atoms with Crippen LogP contribution in [0.15, 0.2) is 52.3 Å². The minimum Gasteiger partial charge on any atom is -0.478 e. The maximum Gasteiger partial charge on any atom is 0.337 e. The summed E-state index contributed by atoms with van der Waals surface area (Å²) < 4.78 is 5.53. The number of allylic oxidation sites excluding steroid dienone is 2. The number of benzene rings is 1. The van der Waals surface area contributed by atoms with Crippen LogP contribution in [0.3, 0.4) is 0 Å². The molecule has 0 spiro atoms. The zero-order valence-electron chi connectivity index (χ0n) is 16.1. The van der Waals surface area contributed by atoms with Crippen LogP contribution in [-0.4, -0.2) is 22.8 Å². The van der Waals surface area contributed by atoms with Crippen LogP contribution in [-0.2, 0) is 9.59 Å². The van der Waals surface area contributed by atoms with Gasteiger partial charge in [0, 0.05) is 29.8 Å². The summed E-state index contributed by atoms with van der Waals surface area (Å²) in [6.45, 7) is 3.97. The number of nitrogens with zero attached hydrogens (tertiary/aromatic N) is 1. The Morgan fingerprint density at radius 2 is 2.00 bits per heavy atom. The number of ketones is 1. The molecule has 6 nitrogen and oxygen atoms in total. The summed E-state index contributed by atoms with van der Waals surface area (Å²) in [5, 5.41) is 9.50. The molecule has 0 radical (unpaired) electrons. The summed E-state index contributed by atoms with van der Waals surface area (Å²) in [5.41, 5.74) is 1.18. The summed E-state index contributed by atoms with van der Waals surface area (Å²) in [6.07, 6.45) is 2.50. The van der Waals surface area contributed by atoms with Gasteiger partial charge in [0.1, 0.15) is 5.76 Å². The molecule has 0 fully saturated rings. The number of Topliss-reactive ketones (excluding diaryl/α,β-unsaturated/α-hetero) is 1. The maximum atomic E-state index is 13.2. The molecule has 2 aliphatic rings. The number of aromatic carboxylic acids is 1. The minimum atomic E-state index is -1.18. The van der Waals surface area contributed by atoms with Gasteiger partial charge in [0.15, 0.2) is 5.78 Å². The topological polar surface area (TPSA) is 87.8 Å². The molecule has 1 amide bonds. The van der Waals surface area contributed by atoms with Crippen molar-refractivity contribution in [1.82, 2.24) is 0 Å². The van der Waals surface area contributed by atoms with Crippen molar-refractivity contribution in [1.29, 1.82) is 0 Å². The smallest absolute Gasteiger partial charge is 0.337 e. The number of carboxylic acid groups (broad SMARTS) is 1. The number of furan rings is 1. The van der Waals surface area contributed by atoms with E-state index in [1.165, 1.54) is 23.3 Å². The van der Waals surface area contributed by atoms with Gasteiger partial charge in [-0.1, -0.05) is 25.4 Å². The predicted molar refractivity (Wildman–Crippen MR) is 107 cm³/mol. The first-order valence-corrected chi connectivity index (χ1v) is 9.71. The highest BCUT2D eigenvalue weighted by atomic mass is 35.5. The quantitative estimate of drug-likeness (QED) is 0.781. The normalized spacial score (nSPS) is 21.3. The third-order valence-corrected chi connectivity index (χ3v) is 5.80. The molecule has 1 unspecified atom stereocenters. The van der Waals surface area contributed by atoms with Crippen LogP contribution in [0.4, 0.5) is 5.69 Å². The van der Waals surface area contributed by atoms with Crippen LogP contribution in [0.2, 0.25) is 5.02 Å². The molecule has 2 heterocycles. The van der Waals surface area contributed by atoms with Gasteiger partial charge < -0.3 is 9.52 Å². The molecule has 0 saturated heterocycles. The van der Waals surface area contributed by atoms with E-state index in [1.807, 2.05) is 13.8 Å². The maximum absolute atomic E-state index is 13.2. The van der Waals surface area contributed by atoms with Crippen LogP contribution in [0.5, 0.6) is 0 Å². The van der Waals surface area contributed by atoms with Crippen molar-refractivity contribution in [3.8, 4) is 0 Å². The number of carbonyl (C=O) groups is 3. The van der Waals surface area contributed by atoms with Gasteiger partial charge in [-0.05, 0) is 42.2 Å². The second-order valence-corrected chi connectivity index (χ2v) is 8.68. The van der Waals surface area contributed by atoms with Gasteiger partial charge in [0.2, 0.25) is 5.91 Å². The van der Waals surface area contributed by atoms with Gasteiger partial charge in [0.25, 0.3) is 0 Å². The summed E-state index contributed by atoms with van der Waals surface area (Å²) in [6, 6.07) is 7.96. The van der Waals surface area contributed by atoms with Crippen molar-refractivity contribution in [3.05, 3.63) is 64.2 Å². The molecule has 7 heteroatoms. The number of carboxylic acids is 1. The van der Waals surface area contributed by atoms with Crippen molar-refractivity contribution in [3.63, 3.8) is 0 Å². The number of halogens is 1. The number of rotatable bonds is 3. The zero-order chi connectivity index (χ0) is 20.9. The Kier molecular flexibility index (Phi) is 4.62. The molecule has 0 saturated carbocycles. The Morgan fingerprint density at radius 1 is 1.24 bits per heavy atom. The van der Waals surface area contributed by atoms with Gasteiger partial charge >= 0.3 is 5.97 Å². The Bertz CT molecular complexity index is 1050. The molecule has 29 heavy (non-hydrogen) atoms. The van der Waals surface area contributed by atoms with Crippen molar-refractivity contribution >= 4 is 34.9 Å². The first-order chi connectivity index (χ1) is 13.7. The van der Waals surface area contributed by atoms with E-state index in [0.29, 0.717) is 35.6 Å². The van der Waals surface area contributed by atoms with Gasteiger partial charge in [-0.3, -0.25) is 14.5 Å². The molecule has 2 aromatic rings. The summed E-state index contributed by atoms with van der Waals surface area (Å²) in [4.78, 5) is 39.3. The van der Waals surface area contributed by atoms with Crippen LogP contribution in [0, 0.1) is 5.41 Å². The molecule has 1 aromatic heterocycles. The fraction of sp³-hybridized carbons (Fsp3) is 0.318. The van der Waals surface area contributed by atoms with E-state index in [9.17, 15) is 19.5 Å². The van der Waals surface area contributed by atoms with Crippen molar-refractivity contribution in [2.45, 2.75) is 39.0 Å². The molecule has 150 valence electrons. The van der Waals surface area contributed by atoms with Crippen LogP contribution < -0.4 is 4.90 Å². The largest absolute Gasteiger partial charge is 0.478 e. The highest BCUT2D eigenvalue weighted by molar-refractivity contribution is 6.33. The van der Waals surface area contributed by atoms with E-state index in [4.69, 9.17) is 16.0 Å². The fourth-order valence-corrected chi connectivity index (χ4v) is 4.46. The van der Waals surface area contributed by atoms with Gasteiger partial charge in [0.05, 0.1) is 22.8 Å². The number of anilines is 1. The van der Waals surface area contributed by atoms with E-state index in [-0.39, 0.29) is 34.1 Å². The molecule has 1 aromatic carbocycles. The van der Waals surface area contributed by atoms with E-state index < -0.39 is 11.9 Å². The molecule has 1 aliphatic carbocycles. The molecule has 0 bridgehead atoms. The van der Waals surface area contributed by atoms with Crippen molar-refractivity contribution in [2.24, 2.45) is 5.41 Å². The lowest BCUT2D eigenvalue weighted by Gasteiger charge is -2.42. The Morgan fingerprint density at radius 3 is 2.66 bits per heavy atom. The summed E-state index contributed by atoms with van der Waals surface area (Å²) in [7, 11) is 0. The molecular weight excluding hydrogens is 394 g/mol. The lowest BCUT2D eigenvalue weighted by Crippen LogP contribution is -2.43. The van der Waals surface area contributed by atoms with E-state index in [0.717, 1.165) is 0 Å². The monoisotopic (exact) mass is 413 g/mol. The third-order valence-electron chi connectivity index (χ3n) is 5.47. The zero-order valence-corrected chi connectivity index (χ0v) is 16.8. The summed E-state index contributed by atoms with van der Waals surface area (Å²) >= 11 is 6.00. The van der Waals surface area contributed by atoms with Crippen molar-refractivity contribution in [2.75, 3.05) is 4.90 Å². The van der Waals surface area contributed by atoms with Crippen LogP contribution in [0.1, 0.15) is 55.1 Å². The fourth-order valence-electron chi connectivity index (χ4n) is 4.26. The Labute approximate surface area is 172 Å². The average Bonchev–Trinajstić information content (AvgIpc) is 3.15. The first-order valence-electron chi connectivity index (χ1n) is 9.33. The van der Waals surface area contributed by atoms with Gasteiger partial charge in [-0.15, -0.1) is 0 Å². The average molecular weight is 414 g/mol. The highest BCUT2D eigenvalue weighted by Crippen LogP contribution is 2.48. The number of carbonyl (C=O) groups excluding carboxylic acids is 2. The standard InChI is InChI=1S/C22H20ClNO5/c1-22(2)10-16-20(17(25)11-22)14(18-4-3-7-29-18)9-19(26)24(16)12-5-6-15(23)13(8-12)21(27)28/h3-8,14H,9-11H2,1-2H3,(H,27,28). The van der Waals surface area contributed by atoms with Gasteiger partial charge in [-0.25, -0.2) is 4.79 Å². The Hall–Kier alpha value is -2.86. The molecule has 1 N–H and O–H groups in total. The first kappa shape index (κ1) is 19.5. The SMILES string of the molecule is CC1(C)CC(=O)C2=C(C1)N(c1ccc(Cl)c(C(=O)O)c1)C(=O)CC2c1ccco1. The van der Waals surface area contributed by atoms with E-state index in [1.54, 1.807) is 18.2 Å². The van der Waals surface area contributed by atoms with Crippen LogP contribution >= 0.6 is 11.6 Å². The highest BCUT2D eigenvalue weighted by Gasteiger charge is 2.45. The second-order valence-electron chi connectivity index (χ2n) is 8.27. The van der Waals surface area contributed by atoms with Gasteiger partial charge in [-0.2, -0.15) is 0 Å². The Balaban J connectivity index is 1.91. The number of hydrogen-bond acceptors (Lipinski definition) is 4. The predicted octanol–water partition coefficient (Wildman–Crippen LogP) is 4.79. The molecule has 1 aliphatic heterocycles. The number of hydrogen-bond donors (Lipinski definition) is 1. The van der Waals surface area contributed by atoms with E-state index >= 15 is 0 Å². The lowest BCUT2D eigenvalue weighted by molar-refractivity contribution is -0.121.